The zero-order chi connectivity index (χ0) is 15.5. The SMILES string of the molecule is O=c1c2ccccc2nnn1CCOc1cc(Cl)ccc1Cl. The minimum atomic E-state index is -0.202. The largest absolute Gasteiger partial charge is 0.490 e. The first-order chi connectivity index (χ1) is 10.6. The molecule has 0 radical (unpaired) electrons. The Morgan fingerprint density at radius 1 is 1.14 bits per heavy atom. The van der Waals surface area contributed by atoms with Crippen LogP contribution in [0, 0.1) is 0 Å². The summed E-state index contributed by atoms with van der Waals surface area (Å²) >= 11 is 11.9. The van der Waals surface area contributed by atoms with Gasteiger partial charge in [-0.25, -0.2) is 4.68 Å². The average Bonchev–Trinajstić information content (AvgIpc) is 2.53. The molecule has 0 amide bonds. The molecule has 1 aromatic heterocycles. The van der Waals surface area contributed by atoms with Gasteiger partial charge in [0.25, 0.3) is 5.56 Å². The van der Waals surface area contributed by atoms with Crippen LogP contribution < -0.4 is 10.3 Å². The maximum Gasteiger partial charge on any atom is 0.277 e. The second-order valence-corrected chi connectivity index (χ2v) is 5.40. The Labute approximate surface area is 136 Å². The fraction of sp³-hybridized carbons (Fsp3) is 0.133. The Morgan fingerprint density at radius 2 is 1.95 bits per heavy atom. The number of benzene rings is 2. The molecular formula is C15H11Cl2N3O2. The van der Waals surface area contributed by atoms with E-state index in [1.165, 1.54) is 4.68 Å². The Kier molecular flexibility index (Phi) is 4.27. The number of nitrogens with zero attached hydrogens (tertiary/aromatic N) is 3. The second-order valence-electron chi connectivity index (χ2n) is 4.56. The van der Waals surface area contributed by atoms with Gasteiger partial charge in [0.1, 0.15) is 17.9 Å². The van der Waals surface area contributed by atoms with Crippen molar-refractivity contribution in [3.8, 4) is 5.75 Å². The minimum Gasteiger partial charge on any atom is -0.490 e. The third kappa shape index (κ3) is 3.05. The van der Waals surface area contributed by atoms with Crippen molar-refractivity contribution in [2.24, 2.45) is 0 Å². The molecule has 0 aliphatic rings. The normalized spacial score (nSPS) is 10.8. The average molecular weight is 336 g/mol. The highest BCUT2D eigenvalue weighted by atomic mass is 35.5. The van der Waals surface area contributed by atoms with Crippen molar-refractivity contribution in [3.05, 3.63) is 62.9 Å². The minimum absolute atomic E-state index is 0.202. The molecule has 0 N–H and O–H groups in total. The lowest BCUT2D eigenvalue weighted by atomic mass is 10.2. The molecule has 0 spiro atoms. The zero-order valence-corrected chi connectivity index (χ0v) is 12.9. The molecule has 0 saturated heterocycles. The molecule has 3 rings (SSSR count). The van der Waals surface area contributed by atoms with E-state index in [0.29, 0.717) is 26.7 Å². The van der Waals surface area contributed by atoms with Gasteiger partial charge in [0.15, 0.2) is 0 Å². The topological polar surface area (TPSA) is 57.0 Å². The van der Waals surface area contributed by atoms with Gasteiger partial charge < -0.3 is 4.74 Å². The van der Waals surface area contributed by atoms with Crippen LogP contribution in [0.15, 0.2) is 47.3 Å². The maximum absolute atomic E-state index is 12.2. The highest BCUT2D eigenvalue weighted by Crippen LogP contribution is 2.27. The molecule has 7 heteroatoms. The predicted octanol–water partition coefficient (Wildman–Crippen LogP) is 3.18. The zero-order valence-electron chi connectivity index (χ0n) is 11.4. The second kappa shape index (κ2) is 6.34. The van der Waals surface area contributed by atoms with Crippen LogP contribution in [0.25, 0.3) is 10.9 Å². The molecule has 3 aromatic rings. The summed E-state index contributed by atoms with van der Waals surface area (Å²) in [4.78, 5) is 12.2. The van der Waals surface area contributed by atoms with E-state index in [4.69, 9.17) is 27.9 Å². The summed E-state index contributed by atoms with van der Waals surface area (Å²) in [5.41, 5.74) is 0.369. The molecule has 0 aliphatic heterocycles. The molecule has 0 bridgehead atoms. The van der Waals surface area contributed by atoms with Gasteiger partial charge in [0.2, 0.25) is 0 Å². The van der Waals surface area contributed by atoms with Crippen LogP contribution in [0.1, 0.15) is 0 Å². The third-order valence-corrected chi connectivity index (χ3v) is 3.63. The smallest absolute Gasteiger partial charge is 0.277 e. The van der Waals surface area contributed by atoms with Gasteiger partial charge in [-0.05, 0) is 24.3 Å². The molecule has 0 aliphatic carbocycles. The van der Waals surface area contributed by atoms with E-state index in [9.17, 15) is 4.79 Å². The lowest BCUT2D eigenvalue weighted by Gasteiger charge is -2.09. The Bertz CT molecular complexity index is 880. The van der Waals surface area contributed by atoms with E-state index in [-0.39, 0.29) is 18.7 Å². The Hall–Kier alpha value is -2.11. The van der Waals surface area contributed by atoms with Gasteiger partial charge in [0.05, 0.1) is 17.0 Å². The maximum atomic E-state index is 12.2. The number of ether oxygens (including phenoxy) is 1. The summed E-state index contributed by atoms with van der Waals surface area (Å²) in [5, 5.41) is 9.42. The highest BCUT2D eigenvalue weighted by Gasteiger charge is 2.06. The molecule has 0 atom stereocenters. The molecule has 0 saturated carbocycles. The number of hydrogen-bond donors (Lipinski definition) is 0. The number of fused-ring (bicyclic) bond motifs is 1. The highest BCUT2D eigenvalue weighted by molar-refractivity contribution is 6.34. The predicted molar refractivity (Wildman–Crippen MR) is 85.8 cm³/mol. The van der Waals surface area contributed by atoms with Crippen LogP contribution in [-0.2, 0) is 6.54 Å². The number of rotatable bonds is 4. The number of aromatic nitrogens is 3. The first kappa shape index (κ1) is 14.8. The van der Waals surface area contributed by atoms with Gasteiger partial charge in [-0.1, -0.05) is 40.5 Å². The fourth-order valence-corrected chi connectivity index (χ4v) is 2.33. The van der Waals surface area contributed by atoms with E-state index in [0.717, 1.165) is 0 Å². The summed E-state index contributed by atoms with van der Waals surface area (Å²) in [6.07, 6.45) is 0. The van der Waals surface area contributed by atoms with Gasteiger partial charge in [0, 0.05) is 11.1 Å². The van der Waals surface area contributed by atoms with Gasteiger partial charge in [-0.15, -0.1) is 5.10 Å². The van der Waals surface area contributed by atoms with E-state index in [2.05, 4.69) is 10.3 Å². The summed E-state index contributed by atoms with van der Waals surface area (Å²) in [5.74, 6) is 0.468. The van der Waals surface area contributed by atoms with Crippen molar-refractivity contribution in [1.82, 2.24) is 15.0 Å². The van der Waals surface area contributed by atoms with Crippen molar-refractivity contribution in [2.75, 3.05) is 6.61 Å². The van der Waals surface area contributed by atoms with Gasteiger partial charge >= 0.3 is 0 Å². The van der Waals surface area contributed by atoms with Crippen LogP contribution in [-0.4, -0.2) is 21.6 Å². The van der Waals surface area contributed by atoms with Crippen molar-refractivity contribution in [2.45, 2.75) is 6.54 Å². The van der Waals surface area contributed by atoms with Crippen LogP contribution >= 0.6 is 23.2 Å². The molecule has 1 heterocycles. The number of halogens is 2. The summed E-state index contributed by atoms with van der Waals surface area (Å²) in [7, 11) is 0. The molecular weight excluding hydrogens is 325 g/mol. The van der Waals surface area contributed by atoms with Crippen molar-refractivity contribution < 1.29 is 4.74 Å². The third-order valence-electron chi connectivity index (χ3n) is 3.08. The first-order valence-corrected chi connectivity index (χ1v) is 7.31. The molecule has 112 valence electrons. The lowest BCUT2D eigenvalue weighted by Crippen LogP contribution is -2.26. The van der Waals surface area contributed by atoms with Crippen molar-refractivity contribution in [3.63, 3.8) is 0 Å². The lowest BCUT2D eigenvalue weighted by molar-refractivity contribution is 0.286. The van der Waals surface area contributed by atoms with E-state index in [1.54, 1.807) is 36.4 Å². The van der Waals surface area contributed by atoms with E-state index >= 15 is 0 Å². The van der Waals surface area contributed by atoms with Crippen molar-refractivity contribution >= 4 is 34.1 Å². The molecule has 2 aromatic carbocycles. The first-order valence-electron chi connectivity index (χ1n) is 6.55. The van der Waals surface area contributed by atoms with Crippen molar-refractivity contribution in [1.29, 1.82) is 0 Å². The van der Waals surface area contributed by atoms with E-state index in [1.807, 2.05) is 6.07 Å². The monoisotopic (exact) mass is 335 g/mol. The molecule has 5 nitrogen and oxygen atoms in total. The standard InChI is InChI=1S/C15H11Cl2N3O2/c16-10-5-6-12(17)14(9-10)22-8-7-20-15(21)11-3-1-2-4-13(11)18-19-20/h1-6,9H,7-8H2. The van der Waals surface area contributed by atoms with Crippen LogP contribution in [0.3, 0.4) is 0 Å². The summed E-state index contributed by atoms with van der Waals surface area (Å²) in [6.45, 7) is 0.493. The summed E-state index contributed by atoms with van der Waals surface area (Å²) < 4.78 is 6.81. The van der Waals surface area contributed by atoms with Crippen LogP contribution in [0.2, 0.25) is 10.0 Å². The number of hydrogen-bond acceptors (Lipinski definition) is 4. The summed E-state index contributed by atoms with van der Waals surface area (Å²) in [6, 6.07) is 12.0. The van der Waals surface area contributed by atoms with Gasteiger partial charge in [-0.3, -0.25) is 4.79 Å². The van der Waals surface area contributed by atoms with Crippen LogP contribution in [0.4, 0.5) is 0 Å². The molecule has 0 unspecified atom stereocenters. The van der Waals surface area contributed by atoms with E-state index < -0.39 is 0 Å². The Morgan fingerprint density at radius 3 is 2.82 bits per heavy atom. The molecule has 22 heavy (non-hydrogen) atoms. The quantitative estimate of drug-likeness (QED) is 0.734. The van der Waals surface area contributed by atoms with Gasteiger partial charge in [-0.2, -0.15) is 0 Å². The Balaban J connectivity index is 1.76. The fourth-order valence-electron chi connectivity index (χ4n) is 2.00. The molecule has 0 fully saturated rings. The van der Waals surface area contributed by atoms with Crippen LogP contribution in [0.5, 0.6) is 5.75 Å².